The highest BCUT2D eigenvalue weighted by Gasteiger charge is 2.06. The van der Waals surface area contributed by atoms with Gasteiger partial charge in [-0.25, -0.2) is 4.98 Å². The highest BCUT2D eigenvalue weighted by molar-refractivity contribution is 9.09. The Kier molecular flexibility index (Phi) is 4.38. The van der Waals surface area contributed by atoms with Crippen LogP contribution in [-0.2, 0) is 0 Å². The van der Waals surface area contributed by atoms with Gasteiger partial charge >= 0.3 is 0 Å². The summed E-state index contributed by atoms with van der Waals surface area (Å²) in [6.07, 6.45) is 0.926. The highest BCUT2D eigenvalue weighted by atomic mass is 79.9. The van der Waals surface area contributed by atoms with Crippen molar-refractivity contribution in [2.45, 2.75) is 18.2 Å². The minimum Gasteiger partial charge on any atom is -0.351 e. The van der Waals surface area contributed by atoms with E-state index >= 15 is 0 Å². The third-order valence-corrected chi connectivity index (χ3v) is 2.54. The van der Waals surface area contributed by atoms with Gasteiger partial charge in [-0.15, -0.1) is 11.3 Å². The van der Waals surface area contributed by atoms with E-state index in [1.807, 2.05) is 0 Å². The molecule has 1 heterocycles. The molecule has 0 saturated carbocycles. The van der Waals surface area contributed by atoms with Crippen LogP contribution in [0.3, 0.4) is 0 Å². The zero-order chi connectivity index (χ0) is 9.68. The van der Waals surface area contributed by atoms with Crippen LogP contribution in [0.4, 0.5) is 0 Å². The lowest BCUT2D eigenvalue weighted by atomic mass is 10.3. The SMILES string of the molecule is CC(Br)CCNC(=O)c1cscn1. The van der Waals surface area contributed by atoms with Crippen molar-refractivity contribution in [2.75, 3.05) is 6.54 Å². The molecule has 1 aromatic heterocycles. The number of carbonyl (C=O) groups excluding carboxylic acids is 1. The summed E-state index contributed by atoms with van der Waals surface area (Å²) in [7, 11) is 0. The molecule has 0 aromatic carbocycles. The Morgan fingerprint density at radius 2 is 2.62 bits per heavy atom. The highest BCUT2D eigenvalue weighted by Crippen LogP contribution is 2.03. The van der Waals surface area contributed by atoms with Crippen LogP contribution >= 0.6 is 27.3 Å². The van der Waals surface area contributed by atoms with Crippen molar-refractivity contribution in [1.82, 2.24) is 10.3 Å². The molecule has 1 aromatic rings. The summed E-state index contributed by atoms with van der Waals surface area (Å²) in [6.45, 7) is 2.73. The molecule has 72 valence electrons. The fourth-order valence-electron chi connectivity index (χ4n) is 0.800. The van der Waals surface area contributed by atoms with Crippen LogP contribution < -0.4 is 5.32 Å². The molecule has 0 radical (unpaired) electrons. The number of nitrogens with one attached hydrogen (secondary N) is 1. The fourth-order valence-corrected chi connectivity index (χ4v) is 1.56. The third-order valence-electron chi connectivity index (χ3n) is 1.49. The number of aromatic nitrogens is 1. The van der Waals surface area contributed by atoms with E-state index in [9.17, 15) is 4.79 Å². The van der Waals surface area contributed by atoms with E-state index in [0.717, 1.165) is 6.42 Å². The minimum atomic E-state index is -0.0885. The molecule has 1 unspecified atom stereocenters. The topological polar surface area (TPSA) is 42.0 Å². The summed E-state index contributed by atoms with van der Waals surface area (Å²) >= 11 is 4.83. The smallest absolute Gasteiger partial charge is 0.270 e. The van der Waals surface area contributed by atoms with E-state index < -0.39 is 0 Å². The molecule has 0 spiro atoms. The van der Waals surface area contributed by atoms with Gasteiger partial charge in [-0.2, -0.15) is 0 Å². The molecule has 0 aliphatic carbocycles. The second-order valence-corrected chi connectivity index (χ2v) is 4.98. The Hall–Kier alpha value is -0.420. The van der Waals surface area contributed by atoms with Crippen LogP contribution in [0.25, 0.3) is 0 Å². The second-order valence-electron chi connectivity index (χ2n) is 2.70. The van der Waals surface area contributed by atoms with Gasteiger partial charge in [-0.1, -0.05) is 22.9 Å². The van der Waals surface area contributed by atoms with Crippen molar-refractivity contribution in [3.63, 3.8) is 0 Å². The fraction of sp³-hybridized carbons (Fsp3) is 0.500. The van der Waals surface area contributed by atoms with Crippen LogP contribution in [0.1, 0.15) is 23.8 Å². The van der Waals surface area contributed by atoms with E-state index in [1.54, 1.807) is 10.9 Å². The Bertz CT molecular complexity index is 261. The van der Waals surface area contributed by atoms with Gasteiger partial charge < -0.3 is 5.32 Å². The quantitative estimate of drug-likeness (QED) is 0.845. The van der Waals surface area contributed by atoms with Crippen LogP contribution in [0.5, 0.6) is 0 Å². The van der Waals surface area contributed by atoms with Crippen LogP contribution in [0, 0.1) is 0 Å². The number of halogens is 1. The summed E-state index contributed by atoms with van der Waals surface area (Å²) in [4.78, 5) is 15.6. The van der Waals surface area contributed by atoms with Gasteiger partial charge in [0.2, 0.25) is 0 Å². The van der Waals surface area contributed by atoms with Crippen LogP contribution in [-0.4, -0.2) is 22.3 Å². The standard InChI is InChI=1S/C8H11BrN2OS/c1-6(9)2-3-10-8(12)7-4-13-5-11-7/h4-6H,2-3H2,1H3,(H,10,12). The van der Waals surface area contributed by atoms with Crippen molar-refractivity contribution < 1.29 is 4.79 Å². The van der Waals surface area contributed by atoms with E-state index in [0.29, 0.717) is 17.1 Å². The Morgan fingerprint density at radius 3 is 3.15 bits per heavy atom. The van der Waals surface area contributed by atoms with Crippen molar-refractivity contribution in [3.05, 3.63) is 16.6 Å². The number of hydrogen-bond donors (Lipinski definition) is 1. The molecule has 1 N–H and O–H groups in total. The summed E-state index contributed by atoms with van der Waals surface area (Å²) in [6, 6.07) is 0. The van der Waals surface area contributed by atoms with Gasteiger partial charge in [0.05, 0.1) is 5.51 Å². The van der Waals surface area contributed by atoms with Crippen molar-refractivity contribution >= 4 is 33.2 Å². The number of hydrogen-bond acceptors (Lipinski definition) is 3. The maximum absolute atomic E-state index is 11.3. The van der Waals surface area contributed by atoms with Gasteiger partial charge in [0.25, 0.3) is 5.91 Å². The first kappa shape index (κ1) is 10.7. The summed E-state index contributed by atoms with van der Waals surface area (Å²) in [5, 5.41) is 4.53. The second kappa shape index (κ2) is 5.34. The van der Waals surface area contributed by atoms with Gasteiger partial charge in [0, 0.05) is 16.8 Å². The van der Waals surface area contributed by atoms with Crippen LogP contribution in [0.15, 0.2) is 10.9 Å². The molecule has 1 rings (SSSR count). The Morgan fingerprint density at radius 1 is 1.85 bits per heavy atom. The average Bonchev–Trinajstić information content (AvgIpc) is 2.55. The molecule has 0 fully saturated rings. The zero-order valence-electron chi connectivity index (χ0n) is 7.29. The largest absolute Gasteiger partial charge is 0.351 e. The minimum absolute atomic E-state index is 0.0885. The molecule has 0 saturated heterocycles. The average molecular weight is 263 g/mol. The molecular weight excluding hydrogens is 252 g/mol. The van der Waals surface area contributed by atoms with Crippen molar-refractivity contribution in [2.24, 2.45) is 0 Å². The van der Waals surface area contributed by atoms with Gasteiger partial charge in [0.1, 0.15) is 5.69 Å². The lowest BCUT2D eigenvalue weighted by Crippen LogP contribution is -2.25. The first-order valence-corrected chi connectivity index (χ1v) is 5.86. The lowest BCUT2D eigenvalue weighted by molar-refractivity contribution is 0.0949. The number of amides is 1. The summed E-state index contributed by atoms with van der Waals surface area (Å²) in [5.74, 6) is -0.0885. The van der Waals surface area contributed by atoms with Crippen molar-refractivity contribution in [1.29, 1.82) is 0 Å². The first-order chi connectivity index (χ1) is 6.20. The molecule has 1 atom stereocenters. The van der Waals surface area contributed by atoms with Gasteiger partial charge in [-0.05, 0) is 6.42 Å². The third kappa shape index (κ3) is 3.87. The number of nitrogens with zero attached hydrogens (tertiary/aromatic N) is 1. The Balaban J connectivity index is 2.27. The first-order valence-electron chi connectivity index (χ1n) is 4.00. The molecule has 1 amide bonds. The molecule has 3 nitrogen and oxygen atoms in total. The molecule has 0 aliphatic rings. The van der Waals surface area contributed by atoms with E-state index in [4.69, 9.17) is 0 Å². The van der Waals surface area contributed by atoms with Gasteiger partial charge in [-0.3, -0.25) is 4.79 Å². The van der Waals surface area contributed by atoms with E-state index in [-0.39, 0.29) is 5.91 Å². The molecule has 0 bridgehead atoms. The number of thiazole rings is 1. The maximum Gasteiger partial charge on any atom is 0.270 e. The summed E-state index contributed by atoms with van der Waals surface area (Å²) < 4.78 is 0. The number of carbonyl (C=O) groups is 1. The van der Waals surface area contributed by atoms with Gasteiger partial charge in [0.15, 0.2) is 0 Å². The van der Waals surface area contributed by atoms with E-state index in [1.165, 1.54) is 11.3 Å². The molecule has 5 heteroatoms. The lowest BCUT2D eigenvalue weighted by Gasteiger charge is -2.03. The monoisotopic (exact) mass is 262 g/mol. The number of rotatable bonds is 4. The summed E-state index contributed by atoms with van der Waals surface area (Å²) in [5.41, 5.74) is 2.16. The van der Waals surface area contributed by atoms with Crippen LogP contribution in [0.2, 0.25) is 0 Å². The van der Waals surface area contributed by atoms with E-state index in [2.05, 4.69) is 33.2 Å². The predicted octanol–water partition coefficient (Wildman–Crippen LogP) is 2.05. The molecule has 13 heavy (non-hydrogen) atoms. The number of alkyl halides is 1. The maximum atomic E-state index is 11.3. The molecule has 0 aliphatic heterocycles. The predicted molar refractivity (Wildman–Crippen MR) is 57.5 cm³/mol. The normalized spacial score (nSPS) is 12.5. The zero-order valence-corrected chi connectivity index (χ0v) is 9.69. The Labute approximate surface area is 89.7 Å². The van der Waals surface area contributed by atoms with Crippen molar-refractivity contribution in [3.8, 4) is 0 Å². The molecular formula is C8H11BrN2OS.